The first-order chi connectivity index (χ1) is 6.38. The molecule has 0 atom stereocenters. The van der Waals surface area contributed by atoms with Gasteiger partial charge >= 0.3 is 5.97 Å². The molecular formula is C9H15NO4. The molecule has 0 spiro atoms. The Hall–Kier alpha value is -1.10. The highest BCUT2D eigenvalue weighted by Crippen LogP contribution is 2.21. The Morgan fingerprint density at radius 1 is 1.43 bits per heavy atom. The van der Waals surface area contributed by atoms with Crippen molar-refractivity contribution in [3.63, 3.8) is 0 Å². The predicted octanol–water partition coefficient (Wildman–Crippen LogP) is -0.0456. The lowest BCUT2D eigenvalue weighted by Crippen LogP contribution is -2.58. The minimum Gasteiger partial charge on any atom is -0.481 e. The molecule has 14 heavy (non-hydrogen) atoms. The zero-order chi connectivity index (χ0) is 10.9. The van der Waals surface area contributed by atoms with E-state index in [0.29, 0.717) is 13.1 Å². The maximum Gasteiger partial charge on any atom is 0.310 e. The Bertz CT molecular complexity index is 256. The van der Waals surface area contributed by atoms with E-state index >= 15 is 0 Å². The predicted molar refractivity (Wildman–Crippen MR) is 48.8 cm³/mol. The number of carbonyl (C=O) groups is 2. The van der Waals surface area contributed by atoms with Crippen LogP contribution in [-0.2, 0) is 14.3 Å². The maximum absolute atomic E-state index is 11.7. The molecule has 1 fully saturated rings. The van der Waals surface area contributed by atoms with Gasteiger partial charge in [-0.2, -0.15) is 0 Å². The first-order valence-electron chi connectivity index (χ1n) is 4.46. The standard InChI is InChI=1S/C9H15NO4/c1-9(2,14-3)8(13)10-4-6(5-10)7(11)12/h6H,4-5H2,1-3H3,(H,11,12). The third kappa shape index (κ3) is 1.87. The SMILES string of the molecule is COC(C)(C)C(=O)N1CC(C(=O)O)C1. The van der Waals surface area contributed by atoms with E-state index < -0.39 is 17.5 Å². The zero-order valence-corrected chi connectivity index (χ0v) is 8.61. The van der Waals surface area contributed by atoms with Crippen LogP contribution in [0.2, 0.25) is 0 Å². The Kier molecular flexibility index (Phi) is 2.80. The van der Waals surface area contributed by atoms with Gasteiger partial charge in [-0.1, -0.05) is 0 Å². The van der Waals surface area contributed by atoms with Crippen molar-refractivity contribution in [2.24, 2.45) is 5.92 Å². The fourth-order valence-electron chi connectivity index (χ4n) is 1.27. The number of methoxy groups -OCH3 is 1. The fraction of sp³-hybridized carbons (Fsp3) is 0.778. The summed E-state index contributed by atoms with van der Waals surface area (Å²) in [6, 6.07) is 0. The van der Waals surface area contributed by atoms with Gasteiger partial charge in [-0.3, -0.25) is 9.59 Å². The molecule has 0 radical (unpaired) electrons. The number of amides is 1. The monoisotopic (exact) mass is 201 g/mol. The van der Waals surface area contributed by atoms with Crippen LogP contribution in [0.4, 0.5) is 0 Å². The average Bonchev–Trinajstić information content (AvgIpc) is 2.00. The van der Waals surface area contributed by atoms with Crippen molar-refractivity contribution in [2.45, 2.75) is 19.4 Å². The van der Waals surface area contributed by atoms with Crippen molar-refractivity contribution in [2.75, 3.05) is 20.2 Å². The molecular weight excluding hydrogens is 186 g/mol. The number of likely N-dealkylation sites (tertiary alicyclic amines) is 1. The van der Waals surface area contributed by atoms with Crippen LogP contribution in [0.3, 0.4) is 0 Å². The van der Waals surface area contributed by atoms with Gasteiger partial charge in [0.25, 0.3) is 5.91 Å². The second-order valence-electron chi connectivity index (χ2n) is 3.96. The van der Waals surface area contributed by atoms with Crippen molar-refractivity contribution in [3.8, 4) is 0 Å². The molecule has 0 aromatic rings. The van der Waals surface area contributed by atoms with Gasteiger partial charge in [-0.15, -0.1) is 0 Å². The molecule has 5 heteroatoms. The first-order valence-corrected chi connectivity index (χ1v) is 4.46. The van der Waals surface area contributed by atoms with E-state index in [-0.39, 0.29) is 5.91 Å². The number of rotatable bonds is 3. The van der Waals surface area contributed by atoms with E-state index in [1.165, 1.54) is 12.0 Å². The highest BCUT2D eigenvalue weighted by atomic mass is 16.5. The summed E-state index contributed by atoms with van der Waals surface area (Å²) in [5, 5.41) is 8.62. The minimum atomic E-state index is -0.858. The third-order valence-corrected chi connectivity index (χ3v) is 2.54. The zero-order valence-electron chi connectivity index (χ0n) is 8.61. The lowest BCUT2D eigenvalue weighted by molar-refractivity contribution is -0.163. The van der Waals surface area contributed by atoms with Crippen LogP contribution < -0.4 is 0 Å². The van der Waals surface area contributed by atoms with E-state index in [4.69, 9.17) is 9.84 Å². The Balaban J connectivity index is 2.48. The summed E-state index contributed by atoms with van der Waals surface area (Å²) in [5.41, 5.74) is -0.858. The number of carboxylic acid groups (broad SMARTS) is 1. The molecule has 0 aliphatic carbocycles. The molecule has 1 N–H and O–H groups in total. The number of nitrogens with zero attached hydrogens (tertiary/aromatic N) is 1. The topological polar surface area (TPSA) is 66.8 Å². The first kappa shape index (κ1) is 11.0. The van der Waals surface area contributed by atoms with Crippen molar-refractivity contribution < 1.29 is 19.4 Å². The molecule has 0 aromatic carbocycles. The summed E-state index contributed by atoms with van der Waals surface area (Å²) in [7, 11) is 1.46. The molecule has 1 amide bonds. The van der Waals surface area contributed by atoms with Gasteiger partial charge in [0.05, 0.1) is 5.92 Å². The third-order valence-electron chi connectivity index (χ3n) is 2.54. The molecule has 1 aliphatic heterocycles. The number of carbonyl (C=O) groups excluding carboxylic acids is 1. The van der Waals surface area contributed by atoms with Crippen LogP contribution >= 0.6 is 0 Å². The lowest BCUT2D eigenvalue weighted by atomic mass is 9.97. The molecule has 1 saturated heterocycles. The Morgan fingerprint density at radius 2 is 1.93 bits per heavy atom. The molecule has 0 saturated carbocycles. The van der Waals surface area contributed by atoms with Gasteiger partial charge in [-0.25, -0.2) is 0 Å². The van der Waals surface area contributed by atoms with Crippen LogP contribution in [0.5, 0.6) is 0 Å². The van der Waals surface area contributed by atoms with Gasteiger partial charge in [0.1, 0.15) is 5.60 Å². The van der Waals surface area contributed by atoms with E-state index in [0.717, 1.165) is 0 Å². The van der Waals surface area contributed by atoms with Crippen LogP contribution in [0.25, 0.3) is 0 Å². The van der Waals surface area contributed by atoms with E-state index in [1.807, 2.05) is 0 Å². The van der Waals surface area contributed by atoms with Gasteiger partial charge in [-0.05, 0) is 13.8 Å². The minimum absolute atomic E-state index is 0.155. The van der Waals surface area contributed by atoms with Crippen molar-refractivity contribution in [1.82, 2.24) is 4.90 Å². The Labute approximate surface area is 82.6 Å². The number of aliphatic carboxylic acids is 1. The highest BCUT2D eigenvalue weighted by molar-refractivity contribution is 5.87. The van der Waals surface area contributed by atoms with E-state index in [9.17, 15) is 9.59 Å². The second-order valence-corrected chi connectivity index (χ2v) is 3.96. The number of ether oxygens (including phenoxy) is 1. The summed E-state index contributed by atoms with van der Waals surface area (Å²) in [6.45, 7) is 3.93. The average molecular weight is 201 g/mol. The number of carboxylic acids is 1. The number of hydrogen-bond donors (Lipinski definition) is 1. The van der Waals surface area contributed by atoms with Gasteiger partial charge in [0, 0.05) is 20.2 Å². The van der Waals surface area contributed by atoms with Crippen LogP contribution in [0.1, 0.15) is 13.8 Å². The van der Waals surface area contributed by atoms with E-state index in [2.05, 4.69) is 0 Å². The van der Waals surface area contributed by atoms with Crippen molar-refractivity contribution in [1.29, 1.82) is 0 Å². The van der Waals surface area contributed by atoms with Crippen molar-refractivity contribution in [3.05, 3.63) is 0 Å². The summed E-state index contributed by atoms with van der Waals surface area (Å²) in [6.07, 6.45) is 0. The van der Waals surface area contributed by atoms with Crippen molar-refractivity contribution >= 4 is 11.9 Å². The summed E-state index contributed by atoms with van der Waals surface area (Å²) in [4.78, 5) is 23.7. The van der Waals surface area contributed by atoms with Gasteiger partial charge in [0.15, 0.2) is 0 Å². The number of hydrogen-bond acceptors (Lipinski definition) is 3. The summed E-state index contributed by atoms with van der Waals surface area (Å²) < 4.78 is 5.01. The molecule has 1 rings (SSSR count). The molecule has 5 nitrogen and oxygen atoms in total. The smallest absolute Gasteiger partial charge is 0.310 e. The van der Waals surface area contributed by atoms with Gasteiger partial charge in [0.2, 0.25) is 0 Å². The largest absolute Gasteiger partial charge is 0.481 e. The molecule has 0 unspecified atom stereocenters. The molecule has 1 aliphatic rings. The second kappa shape index (κ2) is 3.57. The summed E-state index contributed by atoms with van der Waals surface area (Å²) in [5.74, 6) is -1.41. The molecule has 1 heterocycles. The molecule has 80 valence electrons. The quantitative estimate of drug-likeness (QED) is 0.695. The van der Waals surface area contributed by atoms with Crippen LogP contribution in [-0.4, -0.2) is 47.7 Å². The highest BCUT2D eigenvalue weighted by Gasteiger charge is 2.41. The van der Waals surface area contributed by atoms with Crippen LogP contribution in [0, 0.1) is 5.92 Å². The molecule has 0 aromatic heterocycles. The fourth-order valence-corrected chi connectivity index (χ4v) is 1.27. The summed E-state index contributed by atoms with van der Waals surface area (Å²) >= 11 is 0. The van der Waals surface area contributed by atoms with Crippen LogP contribution in [0.15, 0.2) is 0 Å². The normalized spacial score (nSPS) is 17.8. The van der Waals surface area contributed by atoms with E-state index in [1.54, 1.807) is 13.8 Å². The molecule has 0 bridgehead atoms. The maximum atomic E-state index is 11.7. The Morgan fingerprint density at radius 3 is 2.29 bits per heavy atom. The lowest BCUT2D eigenvalue weighted by Gasteiger charge is -2.40. The van der Waals surface area contributed by atoms with Gasteiger partial charge < -0.3 is 14.7 Å².